The molecule has 8 nitrogen and oxygen atoms in total. The Labute approximate surface area is 165 Å². The molecule has 0 aliphatic rings. The summed E-state index contributed by atoms with van der Waals surface area (Å²) in [7, 11) is 8.87. The van der Waals surface area contributed by atoms with Crippen LogP contribution in [0.15, 0.2) is 29.5 Å². The molecule has 0 fully saturated rings. The summed E-state index contributed by atoms with van der Waals surface area (Å²) in [6.45, 7) is 1.19. The molecule has 0 aliphatic heterocycles. The summed E-state index contributed by atoms with van der Waals surface area (Å²) in [5.74, 6) is 3.15. The summed E-state index contributed by atoms with van der Waals surface area (Å²) in [6, 6.07) is 5.78. The van der Waals surface area contributed by atoms with Crippen molar-refractivity contribution in [3.63, 3.8) is 0 Å². The van der Waals surface area contributed by atoms with Crippen LogP contribution < -0.4 is 14.8 Å². The van der Waals surface area contributed by atoms with Crippen LogP contribution in [0.5, 0.6) is 11.5 Å². The van der Waals surface area contributed by atoms with Gasteiger partial charge in [-0.25, -0.2) is 4.98 Å². The monoisotopic (exact) mass is 460 g/mol. The zero-order chi connectivity index (χ0) is 17.5. The van der Waals surface area contributed by atoms with E-state index in [4.69, 9.17) is 9.47 Å². The molecule has 1 N–H and O–H groups in total. The highest BCUT2D eigenvalue weighted by atomic mass is 127. The Hall–Kier alpha value is -2.04. The van der Waals surface area contributed by atoms with Crippen molar-refractivity contribution in [3.05, 3.63) is 35.9 Å². The third-order valence-corrected chi connectivity index (χ3v) is 3.68. The molecule has 0 unspecified atom stereocenters. The van der Waals surface area contributed by atoms with Crippen molar-refractivity contribution >= 4 is 29.9 Å². The Bertz CT molecular complexity index is 704. The van der Waals surface area contributed by atoms with Crippen LogP contribution >= 0.6 is 24.0 Å². The van der Waals surface area contributed by atoms with Crippen molar-refractivity contribution in [1.82, 2.24) is 25.0 Å². The van der Waals surface area contributed by atoms with Crippen LogP contribution in [0.1, 0.15) is 11.4 Å². The number of hydrogen-bond donors (Lipinski definition) is 1. The number of ether oxygens (including phenoxy) is 2. The average Bonchev–Trinajstić information content (AvgIpc) is 3.01. The minimum absolute atomic E-state index is 0. The quantitative estimate of drug-likeness (QED) is 0.402. The number of guanidine groups is 1. The van der Waals surface area contributed by atoms with Gasteiger partial charge >= 0.3 is 0 Å². The normalized spacial score (nSPS) is 10.8. The molecule has 0 aliphatic carbocycles. The Morgan fingerprint density at radius 1 is 1.32 bits per heavy atom. The largest absolute Gasteiger partial charge is 0.497 e. The molecule has 2 rings (SSSR count). The van der Waals surface area contributed by atoms with E-state index >= 15 is 0 Å². The molecule has 138 valence electrons. The molecule has 0 bridgehead atoms. The van der Waals surface area contributed by atoms with Crippen molar-refractivity contribution in [2.24, 2.45) is 12.0 Å². The second-order valence-corrected chi connectivity index (χ2v) is 5.23. The van der Waals surface area contributed by atoms with Gasteiger partial charge in [0, 0.05) is 39.3 Å². The van der Waals surface area contributed by atoms with Gasteiger partial charge in [-0.1, -0.05) is 0 Å². The fraction of sp³-hybridized carbons (Fsp3) is 0.438. The van der Waals surface area contributed by atoms with Crippen LogP contribution in [-0.4, -0.2) is 53.9 Å². The van der Waals surface area contributed by atoms with Gasteiger partial charge in [-0.3, -0.25) is 9.67 Å². The van der Waals surface area contributed by atoms with Gasteiger partial charge in [-0.2, -0.15) is 5.10 Å². The number of rotatable bonds is 6. The first-order valence-electron chi connectivity index (χ1n) is 7.54. The molecule has 0 amide bonds. The van der Waals surface area contributed by atoms with Crippen LogP contribution in [0.25, 0.3) is 0 Å². The Morgan fingerprint density at radius 3 is 2.64 bits per heavy atom. The minimum Gasteiger partial charge on any atom is -0.497 e. The topological polar surface area (TPSA) is 76.8 Å². The smallest absolute Gasteiger partial charge is 0.194 e. The summed E-state index contributed by atoms with van der Waals surface area (Å²) in [5.41, 5.74) is 1.04. The van der Waals surface area contributed by atoms with Crippen molar-refractivity contribution in [3.8, 4) is 11.5 Å². The highest BCUT2D eigenvalue weighted by Gasteiger charge is 2.12. The maximum Gasteiger partial charge on any atom is 0.194 e. The highest BCUT2D eigenvalue weighted by Crippen LogP contribution is 2.25. The maximum absolute atomic E-state index is 5.45. The first kappa shape index (κ1) is 21.0. The van der Waals surface area contributed by atoms with Gasteiger partial charge in [0.1, 0.15) is 23.7 Å². The van der Waals surface area contributed by atoms with Gasteiger partial charge in [0.25, 0.3) is 0 Å². The van der Waals surface area contributed by atoms with E-state index < -0.39 is 0 Å². The maximum atomic E-state index is 5.45. The van der Waals surface area contributed by atoms with Crippen molar-refractivity contribution in [1.29, 1.82) is 0 Å². The van der Waals surface area contributed by atoms with E-state index in [0.29, 0.717) is 13.1 Å². The van der Waals surface area contributed by atoms with Crippen LogP contribution in [-0.2, 0) is 20.1 Å². The molecule has 0 atom stereocenters. The van der Waals surface area contributed by atoms with E-state index in [-0.39, 0.29) is 24.0 Å². The van der Waals surface area contributed by atoms with Gasteiger partial charge in [0.05, 0.1) is 20.8 Å². The van der Waals surface area contributed by atoms with E-state index in [1.807, 2.05) is 37.2 Å². The Balaban J connectivity index is 0.00000312. The Morgan fingerprint density at radius 2 is 2.08 bits per heavy atom. The number of benzene rings is 1. The average molecular weight is 460 g/mol. The summed E-state index contributed by atoms with van der Waals surface area (Å²) >= 11 is 0. The van der Waals surface area contributed by atoms with Crippen molar-refractivity contribution < 1.29 is 9.47 Å². The third-order valence-electron chi connectivity index (χ3n) is 3.68. The molecule has 0 spiro atoms. The fourth-order valence-electron chi connectivity index (χ4n) is 2.34. The number of halogens is 1. The van der Waals surface area contributed by atoms with E-state index in [1.54, 1.807) is 25.9 Å². The van der Waals surface area contributed by atoms with Crippen LogP contribution in [0, 0.1) is 0 Å². The number of aryl methyl sites for hydroxylation is 1. The number of hydrogen-bond acceptors (Lipinski definition) is 5. The van der Waals surface area contributed by atoms with Gasteiger partial charge < -0.3 is 19.7 Å². The molecule has 25 heavy (non-hydrogen) atoms. The van der Waals surface area contributed by atoms with E-state index in [0.717, 1.165) is 28.8 Å². The molecular weight excluding hydrogens is 435 g/mol. The summed E-state index contributed by atoms with van der Waals surface area (Å²) in [5, 5.41) is 7.34. The summed E-state index contributed by atoms with van der Waals surface area (Å²) < 4.78 is 12.4. The predicted octanol–water partition coefficient (Wildman–Crippen LogP) is 1.66. The van der Waals surface area contributed by atoms with E-state index in [9.17, 15) is 0 Å². The number of aliphatic imine (C=N–C) groups is 1. The lowest BCUT2D eigenvalue weighted by Crippen LogP contribution is -2.38. The number of aromatic nitrogens is 3. The second-order valence-electron chi connectivity index (χ2n) is 5.23. The zero-order valence-corrected chi connectivity index (χ0v) is 17.5. The first-order valence-corrected chi connectivity index (χ1v) is 7.54. The lowest BCUT2D eigenvalue weighted by atomic mass is 10.2. The SMILES string of the molecule is CN=C(NCc1ncnn1C)N(C)Cc1ccc(OC)cc1OC.I. The lowest BCUT2D eigenvalue weighted by molar-refractivity contribution is 0.382. The molecular formula is C16H25IN6O2. The lowest BCUT2D eigenvalue weighted by Gasteiger charge is -2.23. The van der Waals surface area contributed by atoms with E-state index in [2.05, 4.69) is 20.4 Å². The fourth-order valence-corrected chi connectivity index (χ4v) is 2.34. The second kappa shape index (κ2) is 10.1. The molecule has 1 heterocycles. The first-order chi connectivity index (χ1) is 11.6. The summed E-state index contributed by atoms with van der Waals surface area (Å²) in [6.07, 6.45) is 1.53. The molecule has 1 aromatic carbocycles. The van der Waals surface area contributed by atoms with Gasteiger partial charge in [-0.05, 0) is 12.1 Å². The summed E-state index contributed by atoms with van der Waals surface area (Å²) in [4.78, 5) is 10.5. The minimum atomic E-state index is 0. The molecule has 0 radical (unpaired) electrons. The highest BCUT2D eigenvalue weighted by molar-refractivity contribution is 14.0. The van der Waals surface area contributed by atoms with Crippen molar-refractivity contribution in [2.75, 3.05) is 28.3 Å². The van der Waals surface area contributed by atoms with Crippen LogP contribution in [0.3, 0.4) is 0 Å². The van der Waals surface area contributed by atoms with Crippen LogP contribution in [0.2, 0.25) is 0 Å². The molecule has 9 heteroatoms. The van der Waals surface area contributed by atoms with Gasteiger partial charge in [-0.15, -0.1) is 24.0 Å². The third kappa shape index (κ3) is 5.48. The zero-order valence-electron chi connectivity index (χ0n) is 15.2. The standard InChI is InChI=1S/C16H24N6O2.HI/c1-17-16(18-9-15-19-11-20-22(15)3)21(2)10-12-6-7-13(23-4)8-14(12)24-5;/h6-8,11H,9-10H2,1-5H3,(H,17,18);1H. The number of nitrogens with one attached hydrogen (secondary N) is 1. The van der Waals surface area contributed by atoms with Crippen LogP contribution in [0.4, 0.5) is 0 Å². The predicted molar refractivity (Wildman–Crippen MR) is 108 cm³/mol. The molecule has 2 aromatic rings. The number of nitrogens with zero attached hydrogens (tertiary/aromatic N) is 5. The molecule has 0 saturated heterocycles. The molecule has 1 aromatic heterocycles. The van der Waals surface area contributed by atoms with Crippen molar-refractivity contribution in [2.45, 2.75) is 13.1 Å². The number of methoxy groups -OCH3 is 2. The Kier molecular flexibility index (Phi) is 8.46. The van der Waals surface area contributed by atoms with Gasteiger partial charge in [0.2, 0.25) is 0 Å². The molecule has 0 saturated carbocycles. The van der Waals surface area contributed by atoms with E-state index in [1.165, 1.54) is 6.33 Å². The van der Waals surface area contributed by atoms with Gasteiger partial charge in [0.15, 0.2) is 5.96 Å².